The lowest BCUT2D eigenvalue weighted by molar-refractivity contribution is -0.383. The van der Waals surface area contributed by atoms with Gasteiger partial charge in [-0.15, -0.1) is 0 Å². The lowest BCUT2D eigenvalue weighted by atomic mass is 10.1. The van der Waals surface area contributed by atoms with Crippen molar-refractivity contribution in [3.63, 3.8) is 0 Å². The van der Waals surface area contributed by atoms with E-state index in [1.807, 2.05) is 36.5 Å². The molecular formula is C23H24N4O4S. The van der Waals surface area contributed by atoms with E-state index in [-0.39, 0.29) is 23.4 Å². The van der Waals surface area contributed by atoms with E-state index in [1.54, 1.807) is 19.1 Å². The van der Waals surface area contributed by atoms with Crippen molar-refractivity contribution < 1.29 is 14.5 Å². The maximum atomic E-state index is 12.8. The number of aromatic nitrogens is 2. The van der Waals surface area contributed by atoms with Crippen molar-refractivity contribution in [1.29, 1.82) is 0 Å². The maximum Gasteiger partial charge on any atom is 0.292 e. The number of anilines is 1. The number of hydrogen-bond donors (Lipinski definition) is 1. The van der Waals surface area contributed by atoms with Crippen LogP contribution in [0.3, 0.4) is 0 Å². The smallest absolute Gasteiger partial charge is 0.292 e. The fourth-order valence-corrected chi connectivity index (χ4v) is 4.54. The number of nitrogens with zero attached hydrogens (tertiary/aromatic N) is 3. The minimum Gasteiger partial charge on any atom is -0.376 e. The van der Waals surface area contributed by atoms with Crippen LogP contribution in [0.2, 0.25) is 0 Å². The first-order chi connectivity index (χ1) is 15.5. The van der Waals surface area contributed by atoms with Gasteiger partial charge >= 0.3 is 0 Å². The van der Waals surface area contributed by atoms with Crippen LogP contribution in [-0.4, -0.2) is 38.3 Å². The third kappa shape index (κ3) is 5.00. The number of imidazole rings is 1. The molecule has 1 fully saturated rings. The Kier molecular flexibility index (Phi) is 6.87. The first kappa shape index (κ1) is 22.0. The molecule has 0 spiro atoms. The van der Waals surface area contributed by atoms with Crippen molar-refractivity contribution in [2.45, 2.75) is 42.8 Å². The lowest BCUT2D eigenvalue weighted by Gasteiger charge is -2.18. The molecule has 9 heteroatoms. The molecule has 0 aliphatic carbocycles. The minimum absolute atomic E-state index is 0.113. The molecule has 1 amide bonds. The van der Waals surface area contributed by atoms with Gasteiger partial charge in [-0.1, -0.05) is 54.2 Å². The van der Waals surface area contributed by atoms with E-state index in [1.165, 1.54) is 23.9 Å². The SMILES string of the molecule is CC(Sc1ncc(-c2ccccc2)n1CC1CCCO1)C(=O)Nc1ccccc1[N+](=O)[O-]. The molecule has 0 saturated carbocycles. The summed E-state index contributed by atoms with van der Waals surface area (Å²) in [5.41, 5.74) is 2.06. The number of carbonyl (C=O) groups excluding carboxylic acids is 1. The Morgan fingerprint density at radius 3 is 2.75 bits per heavy atom. The molecule has 1 aliphatic rings. The zero-order valence-corrected chi connectivity index (χ0v) is 18.5. The number of para-hydroxylation sites is 2. The number of rotatable bonds is 8. The molecule has 1 aliphatic heterocycles. The molecule has 0 bridgehead atoms. The van der Waals surface area contributed by atoms with Crippen LogP contribution in [0.1, 0.15) is 19.8 Å². The van der Waals surface area contributed by atoms with Gasteiger partial charge in [-0.05, 0) is 31.4 Å². The molecule has 8 nitrogen and oxygen atoms in total. The minimum atomic E-state index is -0.510. The molecule has 166 valence electrons. The number of amides is 1. The number of ether oxygens (including phenoxy) is 1. The van der Waals surface area contributed by atoms with Gasteiger partial charge in [0.1, 0.15) is 5.69 Å². The first-order valence-corrected chi connectivity index (χ1v) is 11.3. The average Bonchev–Trinajstić information content (AvgIpc) is 3.45. The Morgan fingerprint density at radius 2 is 2.03 bits per heavy atom. The summed E-state index contributed by atoms with van der Waals surface area (Å²) in [4.78, 5) is 28.1. The second-order valence-corrected chi connectivity index (χ2v) is 8.87. The molecule has 1 N–H and O–H groups in total. The van der Waals surface area contributed by atoms with Gasteiger partial charge in [-0.3, -0.25) is 14.9 Å². The van der Waals surface area contributed by atoms with E-state index in [9.17, 15) is 14.9 Å². The van der Waals surface area contributed by atoms with Crippen molar-refractivity contribution >= 4 is 29.0 Å². The largest absolute Gasteiger partial charge is 0.376 e. The van der Waals surface area contributed by atoms with Crippen LogP contribution in [0.25, 0.3) is 11.3 Å². The predicted octanol–water partition coefficient (Wildman–Crippen LogP) is 4.76. The Hall–Kier alpha value is -3.17. The van der Waals surface area contributed by atoms with E-state index in [0.717, 1.165) is 30.7 Å². The zero-order chi connectivity index (χ0) is 22.5. The van der Waals surface area contributed by atoms with Crippen molar-refractivity contribution in [1.82, 2.24) is 9.55 Å². The van der Waals surface area contributed by atoms with E-state index in [2.05, 4.69) is 14.9 Å². The molecule has 1 aromatic heterocycles. The normalized spacial score (nSPS) is 16.6. The number of thioether (sulfide) groups is 1. The highest BCUT2D eigenvalue weighted by atomic mass is 32.2. The summed E-state index contributed by atoms with van der Waals surface area (Å²) in [6.07, 6.45) is 3.96. The van der Waals surface area contributed by atoms with Crippen LogP contribution in [0.5, 0.6) is 0 Å². The molecule has 1 saturated heterocycles. The Bertz CT molecular complexity index is 1100. The molecular weight excluding hydrogens is 428 g/mol. The number of hydrogen-bond acceptors (Lipinski definition) is 6. The van der Waals surface area contributed by atoms with Gasteiger partial charge in [0.15, 0.2) is 5.16 Å². The summed E-state index contributed by atoms with van der Waals surface area (Å²) in [7, 11) is 0. The quantitative estimate of drug-likeness (QED) is 0.301. The van der Waals surface area contributed by atoms with Crippen molar-refractivity contribution in [2.24, 2.45) is 0 Å². The van der Waals surface area contributed by atoms with Crippen molar-refractivity contribution in [3.8, 4) is 11.3 Å². The summed E-state index contributed by atoms with van der Waals surface area (Å²) in [5, 5.41) is 14.1. The summed E-state index contributed by atoms with van der Waals surface area (Å²) in [5.74, 6) is -0.322. The van der Waals surface area contributed by atoms with E-state index >= 15 is 0 Å². The zero-order valence-electron chi connectivity index (χ0n) is 17.6. The average molecular weight is 453 g/mol. The molecule has 2 unspecified atom stereocenters. The van der Waals surface area contributed by atoms with Crippen LogP contribution in [0.4, 0.5) is 11.4 Å². The van der Waals surface area contributed by atoms with Gasteiger partial charge in [-0.2, -0.15) is 0 Å². The molecule has 2 aromatic carbocycles. The van der Waals surface area contributed by atoms with Gasteiger partial charge in [0.05, 0.1) is 34.7 Å². The van der Waals surface area contributed by atoms with E-state index in [4.69, 9.17) is 4.74 Å². The fraction of sp³-hybridized carbons (Fsp3) is 0.304. The molecule has 32 heavy (non-hydrogen) atoms. The second-order valence-electron chi connectivity index (χ2n) is 7.56. The van der Waals surface area contributed by atoms with Crippen LogP contribution in [-0.2, 0) is 16.1 Å². The van der Waals surface area contributed by atoms with Crippen LogP contribution < -0.4 is 5.32 Å². The van der Waals surface area contributed by atoms with Crippen molar-refractivity contribution in [3.05, 3.63) is 70.9 Å². The summed E-state index contributed by atoms with van der Waals surface area (Å²) in [6, 6.07) is 16.1. The summed E-state index contributed by atoms with van der Waals surface area (Å²) >= 11 is 1.33. The molecule has 0 radical (unpaired) electrons. The monoisotopic (exact) mass is 452 g/mol. The van der Waals surface area contributed by atoms with E-state index in [0.29, 0.717) is 11.7 Å². The molecule has 2 atom stereocenters. The standard InChI is InChI=1S/C23H24N4O4S/c1-16(22(28)25-19-11-5-6-12-20(19)27(29)30)32-23-24-14-21(17-8-3-2-4-9-17)26(23)15-18-10-7-13-31-18/h2-6,8-9,11-12,14,16,18H,7,10,13,15H2,1H3,(H,25,28). The Labute approximate surface area is 190 Å². The number of benzene rings is 2. The first-order valence-electron chi connectivity index (χ1n) is 10.5. The Morgan fingerprint density at radius 1 is 1.28 bits per heavy atom. The second kappa shape index (κ2) is 9.97. The van der Waals surface area contributed by atoms with Gasteiger partial charge in [0.25, 0.3) is 5.69 Å². The number of carbonyl (C=O) groups is 1. The van der Waals surface area contributed by atoms with Crippen molar-refractivity contribution in [2.75, 3.05) is 11.9 Å². The van der Waals surface area contributed by atoms with Gasteiger partial charge in [0, 0.05) is 12.7 Å². The third-order valence-electron chi connectivity index (χ3n) is 5.31. The molecule has 2 heterocycles. The summed E-state index contributed by atoms with van der Waals surface area (Å²) < 4.78 is 7.94. The van der Waals surface area contributed by atoms with Crippen LogP contribution in [0, 0.1) is 10.1 Å². The van der Waals surface area contributed by atoms with E-state index < -0.39 is 10.2 Å². The Balaban J connectivity index is 1.54. The predicted molar refractivity (Wildman–Crippen MR) is 124 cm³/mol. The maximum absolute atomic E-state index is 12.8. The molecule has 3 aromatic rings. The number of nitro groups is 1. The lowest BCUT2D eigenvalue weighted by Crippen LogP contribution is -2.24. The van der Waals surface area contributed by atoms with Crippen LogP contribution >= 0.6 is 11.8 Å². The number of nitro benzene ring substituents is 1. The highest BCUT2D eigenvalue weighted by Gasteiger charge is 2.24. The van der Waals surface area contributed by atoms with Gasteiger partial charge in [0.2, 0.25) is 5.91 Å². The van der Waals surface area contributed by atoms with Gasteiger partial charge in [-0.25, -0.2) is 4.98 Å². The fourth-order valence-electron chi connectivity index (χ4n) is 3.65. The molecule has 4 rings (SSSR count). The van der Waals surface area contributed by atoms with Crippen LogP contribution in [0.15, 0.2) is 66.0 Å². The van der Waals surface area contributed by atoms with Gasteiger partial charge < -0.3 is 14.6 Å². The highest BCUT2D eigenvalue weighted by molar-refractivity contribution is 8.00. The third-order valence-corrected chi connectivity index (χ3v) is 6.41. The number of nitrogens with one attached hydrogen (secondary N) is 1. The highest BCUT2D eigenvalue weighted by Crippen LogP contribution is 2.31. The topological polar surface area (TPSA) is 99.3 Å². The summed E-state index contributed by atoms with van der Waals surface area (Å²) in [6.45, 7) is 3.18.